The number of piperidine rings is 1. The molecule has 1 heterocycles. The van der Waals surface area contributed by atoms with Gasteiger partial charge in [0.2, 0.25) is 11.8 Å². The SMILES string of the molecule is O=C1CCC(NC2CC3CC=CC32)C(=O)N1. The lowest BCUT2D eigenvalue weighted by molar-refractivity contribution is -0.135. The van der Waals surface area contributed by atoms with Crippen molar-refractivity contribution in [3.05, 3.63) is 12.2 Å². The maximum Gasteiger partial charge on any atom is 0.243 e. The smallest absolute Gasteiger partial charge is 0.243 e. The zero-order valence-corrected chi connectivity index (χ0v) is 9.11. The second-order valence-corrected chi connectivity index (χ2v) is 5.01. The normalized spacial score (nSPS) is 41.5. The Bertz CT molecular complexity index is 364. The molecule has 4 heteroatoms. The van der Waals surface area contributed by atoms with Gasteiger partial charge in [-0.3, -0.25) is 14.9 Å². The number of allylic oxidation sites excluding steroid dienone is 1. The van der Waals surface area contributed by atoms with Crippen molar-refractivity contribution in [1.29, 1.82) is 0 Å². The third-order valence-corrected chi connectivity index (χ3v) is 4.02. The highest BCUT2D eigenvalue weighted by Crippen LogP contribution is 2.42. The third kappa shape index (κ3) is 1.57. The van der Waals surface area contributed by atoms with E-state index in [4.69, 9.17) is 0 Å². The van der Waals surface area contributed by atoms with Gasteiger partial charge in [0.05, 0.1) is 6.04 Å². The molecule has 86 valence electrons. The predicted molar refractivity (Wildman–Crippen MR) is 58.4 cm³/mol. The van der Waals surface area contributed by atoms with E-state index in [-0.39, 0.29) is 17.9 Å². The predicted octanol–water partition coefficient (Wildman–Crippen LogP) is 0.346. The molecule has 2 fully saturated rings. The van der Waals surface area contributed by atoms with Crippen molar-refractivity contribution in [1.82, 2.24) is 10.6 Å². The zero-order chi connectivity index (χ0) is 11.1. The molecule has 3 aliphatic rings. The van der Waals surface area contributed by atoms with E-state index >= 15 is 0 Å². The molecular formula is C12H16N2O2. The Morgan fingerprint density at radius 2 is 2.25 bits per heavy atom. The molecule has 4 unspecified atom stereocenters. The Labute approximate surface area is 94.5 Å². The van der Waals surface area contributed by atoms with Crippen LogP contribution in [0.25, 0.3) is 0 Å². The molecule has 0 spiro atoms. The molecule has 0 radical (unpaired) electrons. The van der Waals surface area contributed by atoms with Gasteiger partial charge in [-0.2, -0.15) is 0 Å². The van der Waals surface area contributed by atoms with Gasteiger partial charge in [-0.1, -0.05) is 12.2 Å². The van der Waals surface area contributed by atoms with Crippen LogP contribution in [0, 0.1) is 11.8 Å². The molecule has 4 atom stereocenters. The molecule has 0 bridgehead atoms. The summed E-state index contributed by atoms with van der Waals surface area (Å²) in [5.41, 5.74) is 0. The van der Waals surface area contributed by atoms with Crippen molar-refractivity contribution >= 4 is 11.8 Å². The van der Waals surface area contributed by atoms with E-state index in [1.165, 1.54) is 6.42 Å². The summed E-state index contributed by atoms with van der Waals surface area (Å²) in [6.45, 7) is 0. The fraction of sp³-hybridized carbons (Fsp3) is 0.667. The number of imide groups is 1. The van der Waals surface area contributed by atoms with Gasteiger partial charge in [-0.05, 0) is 31.1 Å². The second kappa shape index (κ2) is 3.70. The quantitative estimate of drug-likeness (QED) is 0.521. The molecular weight excluding hydrogens is 204 g/mol. The van der Waals surface area contributed by atoms with Gasteiger partial charge in [-0.25, -0.2) is 0 Å². The molecule has 0 aromatic carbocycles. The highest BCUT2D eigenvalue weighted by molar-refractivity contribution is 6.00. The van der Waals surface area contributed by atoms with E-state index in [2.05, 4.69) is 22.8 Å². The summed E-state index contributed by atoms with van der Waals surface area (Å²) in [7, 11) is 0. The lowest BCUT2D eigenvalue weighted by atomic mass is 9.71. The van der Waals surface area contributed by atoms with E-state index in [0.29, 0.717) is 24.8 Å². The van der Waals surface area contributed by atoms with Crippen LogP contribution in [0.15, 0.2) is 12.2 Å². The van der Waals surface area contributed by atoms with E-state index in [9.17, 15) is 9.59 Å². The van der Waals surface area contributed by atoms with Gasteiger partial charge in [0.1, 0.15) is 0 Å². The Morgan fingerprint density at radius 3 is 3.00 bits per heavy atom. The highest BCUT2D eigenvalue weighted by atomic mass is 16.2. The number of carbonyl (C=O) groups is 2. The minimum absolute atomic E-state index is 0.143. The van der Waals surface area contributed by atoms with Crippen LogP contribution in [0.1, 0.15) is 25.7 Å². The molecule has 0 aromatic rings. The van der Waals surface area contributed by atoms with Crippen LogP contribution in [0.3, 0.4) is 0 Å². The van der Waals surface area contributed by atoms with Gasteiger partial charge in [-0.15, -0.1) is 0 Å². The van der Waals surface area contributed by atoms with Crippen molar-refractivity contribution in [2.45, 2.75) is 37.8 Å². The van der Waals surface area contributed by atoms with Crippen molar-refractivity contribution < 1.29 is 9.59 Å². The number of amides is 2. The van der Waals surface area contributed by atoms with Crippen molar-refractivity contribution in [2.24, 2.45) is 11.8 Å². The number of hydrogen-bond donors (Lipinski definition) is 2. The van der Waals surface area contributed by atoms with Gasteiger partial charge in [0, 0.05) is 12.5 Å². The maximum atomic E-state index is 11.6. The minimum atomic E-state index is -0.169. The lowest BCUT2D eigenvalue weighted by Crippen LogP contribution is -2.58. The first-order valence-electron chi connectivity index (χ1n) is 6.00. The van der Waals surface area contributed by atoms with E-state index in [1.54, 1.807) is 0 Å². The number of rotatable bonds is 2. The van der Waals surface area contributed by atoms with Gasteiger partial charge < -0.3 is 5.32 Å². The summed E-state index contributed by atoms with van der Waals surface area (Å²) in [6, 6.07) is 0.269. The fourth-order valence-corrected chi connectivity index (χ4v) is 3.02. The average molecular weight is 220 g/mol. The summed E-state index contributed by atoms with van der Waals surface area (Å²) < 4.78 is 0. The number of hydrogen-bond acceptors (Lipinski definition) is 3. The number of fused-ring (bicyclic) bond motifs is 1. The number of carbonyl (C=O) groups excluding carboxylic acids is 2. The Balaban J connectivity index is 1.57. The van der Waals surface area contributed by atoms with Crippen LogP contribution in [0.4, 0.5) is 0 Å². The molecule has 4 nitrogen and oxygen atoms in total. The van der Waals surface area contributed by atoms with Crippen LogP contribution in [-0.4, -0.2) is 23.9 Å². The van der Waals surface area contributed by atoms with Gasteiger partial charge in [0.15, 0.2) is 0 Å². The second-order valence-electron chi connectivity index (χ2n) is 5.01. The summed E-state index contributed by atoms with van der Waals surface area (Å²) in [6.07, 6.45) is 7.95. The maximum absolute atomic E-state index is 11.6. The Hall–Kier alpha value is -1.16. The summed E-state index contributed by atoms with van der Waals surface area (Å²) >= 11 is 0. The molecule has 2 aliphatic carbocycles. The Morgan fingerprint density at radius 1 is 1.38 bits per heavy atom. The minimum Gasteiger partial charge on any atom is -0.302 e. The monoisotopic (exact) mass is 220 g/mol. The molecule has 2 amide bonds. The third-order valence-electron chi connectivity index (χ3n) is 4.02. The highest BCUT2D eigenvalue weighted by Gasteiger charge is 2.42. The summed E-state index contributed by atoms with van der Waals surface area (Å²) in [4.78, 5) is 22.6. The molecule has 1 saturated carbocycles. The van der Waals surface area contributed by atoms with Gasteiger partial charge >= 0.3 is 0 Å². The molecule has 0 aromatic heterocycles. The van der Waals surface area contributed by atoms with Gasteiger partial charge in [0.25, 0.3) is 0 Å². The van der Waals surface area contributed by atoms with Crippen molar-refractivity contribution in [2.75, 3.05) is 0 Å². The van der Waals surface area contributed by atoms with Crippen molar-refractivity contribution in [3.63, 3.8) is 0 Å². The molecule has 3 rings (SSSR count). The average Bonchev–Trinajstić information content (AvgIpc) is 2.59. The van der Waals surface area contributed by atoms with Crippen LogP contribution < -0.4 is 10.6 Å². The van der Waals surface area contributed by atoms with Crippen LogP contribution in [0.2, 0.25) is 0 Å². The summed E-state index contributed by atoms with van der Waals surface area (Å²) in [5, 5.41) is 5.77. The van der Waals surface area contributed by atoms with Crippen LogP contribution in [0.5, 0.6) is 0 Å². The molecule has 16 heavy (non-hydrogen) atoms. The summed E-state index contributed by atoms with van der Waals surface area (Å²) in [5.74, 6) is 1.12. The largest absolute Gasteiger partial charge is 0.302 e. The number of nitrogens with one attached hydrogen (secondary N) is 2. The first-order chi connectivity index (χ1) is 7.74. The molecule has 1 saturated heterocycles. The van der Waals surface area contributed by atoms with E-state index in [0.717, 1.165) is 12.3 Å². The fourth-order valence-electron chi connectivity index (χ4n) is 3.02. The van der Waals surface area contributed by atoms with Crippen LogP contribution in [-0.2, 0) is 9.59 Å². The van der Waals surface area contributed by atoms with E-state index < -0.39 is 0 Å². The molecule has 2 N–H and O–H groups in total. The zero-order valence-electron chi connectivity index (χ0n) is 9.11. The van der Waals surface area contributed by atoms with Crippen molar-refractivity contribution in [3.8, 4) is 0 Å². The topological polar surface area (TPSA) is 58.2 Å². The first-order valence-corrected chi connectivity index (χ1v) is 6.00. The van der Waals surface area contributed by atoms with E-state index in [1.807, 2.05) is 0 Å². The standard InChI is InChI=1S/C12H16N2O2/c15-11-5-4-9(12(16)14-11)13-10-6-7-2-1-3-8(7)10/h1,3,7-10,13H,2,4-6H2,(H,14,15,16). The molecule has 1 aliphatic heterocycles. The lowest BCUT2D eigenvalue weighted by Gasteiger charge is -2.42. The Kier molecular flexibility index (Phi) is 2.32. The first kappa shape index (κ1) is 10.0. The van der Waals surface area contributed by atoms with Crippen LogP contribution >= 0.6 is 0 Å².